The summed E-state index contributed by atoms with van der Waals surface area (Å²) in [6.07, 6.45) is 0. The van der Waals surface area contributed by atoms with E-state index in [-0.39, 0.29) is 16.7 Å². The zero-order chi connectivity index (χ0) is 22.7. The van der Waals surface area contributed by atoms with Crippen LogP contribution in [0.4, 0.5) is 0 Å². The zero-order valence-corrected chi connectivity index (χ0v) is 19.4. The second-order valence-corrected chi connectivity index (χ2v) is 10.3. The van der Waals surface area contributed by atoms with E-state index < -0.39 is 10.0 Å². The molecule has 0 aliphatic carbocycles. The molecule has 0 spiro atoms. The highest BCUT2D eigenvalue weighted by Crippen LogP contribution is 2.31. The van der Waals surface area contributed by atoms with Gasteiger partial charge in [0, 0.05) is 36.8 Å². The summed E-state index contributed by atoms with van der Waals surface area (Å²) in [6, 6.07) is 24.2. The first-order valence-corrected chi connectivity index (χ1v) is 12.3. The normalized spacial score (nSPS) is 16.6. The van der Waals surface area contributed by atoms with Crippen molar-refractivity contribution in [3.8, 4) is 0 Å². The van der Waals surface area contributed by atoms with Crippen molar-refractivity contribution in [1.82, 2.24) is 9.21 Å². The summed E-state index contributed by atoms with van der Waals surface area (Å²) < 4.78 is 27.8. The van der Waals surface area contributed by atoms with E-state index >= 15 is 0 Å². The molecule has 1 aliphatic heterocycles. The van der Waals surface area contributed by atoms with Gasteiger partial charge in [0.05, 0.1) is 10.9 Å². The van der Waals surface area contributed by atoms with E-state index in [4.69, 9.17) is 11.6 Å². The van der Waals surface area contributed by atoms with E-state index in [1.54, 1.807) is 12.1 Å². The van der Waals surface area contributed by atoms with Gasteiger partial charge in [-0.3, -0.25) is 9.69 Å². The minimum atomic E-state index is -3.61. The van der Waals surface area contributed by atoms with Gasteiger partial charge in [-0.05, 0) is 42.3 Å². The van der Waals surface area contributed by atoms with Crippen LogP contribution in [-0.4, -0.2) is 49.6 Å². The summed E-state index contributed by atoms with van der Waals surface area (Å²) in [7, 11) is -3.61. The molecule has 0 bridgehead atoms. The molecule has 32 heavy (non-hydrogen) atoms. The van der Waals surface area contributed by atoms with Crippen molar-refractivity contribution in [2.24, 2.45) is 0 Å². The number of Topliss-reactive ketones (excluding diaryl/α,β-unsaturated/α-hetero) is 1. The summed E-state index contributed by atoms with van der Waals surface area (Å²) in [5, 5.41) is 0.687. The second kappa shape index (κ2) is 9.55. The van der Waals surface area contributed by atoms with Crippen LogP contribution in [0.2, 0.25) is 5.02 Å². The number of carbonyl (C=O) groups excluding carboxylic acids is 1. The molecule has 5 nitrogen and oxygen atoms in total. The number of hydrogen-bond acceptors (Lipinski definition) is 4. The van der Waals surface area contributed by atoms with Crippen molar-refractivity contribution >= 4 is 27.4 Å². The zero-order valence-electron chi connectivity index (χ0n) is 17.8. The minimum Gasteiger partial charge on any atom is -0.295 e. The number of ketones is 1. The Labute approximate surface area is 194 Å². The average Bonchev–Trinajstić information content (AvgIpc) is 2.81. The number of halogens is 1. The predicted octanol–water partition coefficient (Wildman–Crippen LogP) is 4.64. The van der Waals surface area contributed by atoms with Gasteiger partial charge in [0.15, 0.2) is 5.78 Å². The lowest BCUT2D eigenvalue weighted by Gasteiger charge is -2.39. The first-order chi connectivity index (χ1) is 15.4. The van der Waals surface area contributed by atoms with Crippen molar-refractivity contribution in [3.63, 3.8) is 0 Å². The third-order valence-corrected chi connectivity index (χ3v) is 8.00. The first kappa shape index (κ1) is 22.7. The summed E-state index contributed by atoms with van der Waals surface area (Å²) in [4.78, 5) is 14.0. The maximum atomic E-state index is 13.1. The Balaban J connectivity index is 1.54. The number of sulfonamides is 1. The summed E-state index contributed by atoms with van der Waals surface area (Å²) >= 11 is 6.10. The van der Waals surface area contributed by atoms with Gasteiger partial charge in [0.25, 0.3) is 0 Å². The van der Waals surface area contributed by atoms with Crippen molar-refractivity contribution in [1.29, 1.82) is 0 Å². The molecule has 1 fully saturated rings. The maximum Gasteiger partial charge on any atom is 0.243 e. The molecule has 3 aromatic carbocycles. The molecule has 1 saturated heterocycles. The molecule has 166 valence electrons. The van der Waals surface area contributed by atoms with Crippen molar-refractivity contribution in [3.05, 3.63) is 101 Å². The van der Waals surface area contributed by atoms with Crippen LogP contribution in [0.1, 0.15) is 34.5 Å². The standard InChI is InChI=1S/C25H25ClN2O3S/c1-19(29)20-9-13-24(14-10-20)32(30,31)28-17-15-27(16-18-28)25(21-5-3-2-4-6-21)22-7-11-23(26)12-8-22/h2-14,25H,15-18H2,1H3. The summed E-state index contributed by atoms with van der Waals surface area (Å²) in [5.74, 6) is -0.0864. The van der Waals surface area contributed by atoms with Crippen LogP contribution in [-0.2, 0) is 10.0 Å². The molecule has 0 saturated carbocycles. The van der Waals surface area contributed by atoms with E-state index in [0.717, 1.165) is 11.1 Å². The number of carbonyl (C=O) groups is 1. The fourth-order valence-corrected chi connectivity index (χ4v) is 5.66. The Hall–Kier alpha value is -2.51. The molecule has 1 aliphatic rings. The van der Waals surface area contributed by atoms with E-state index in [1.807, 2.05) is 42.5 Å². The molecule has 0 radical (unpaired) electrons. The quantitative estimate of drug-likeness (QED) is 0.494. The Morgan fingerprint density at radius 2 is 1.38 bits per heavy atom. The van der Waals surface area contributed by atoms with Crippen LogP contribution >= 0.6 is 11.6 Å². The van der Waals surface area contributed by atoms with Gasteiger partial charge < -0.3 is 0 Å². The van der Waals surface area contributed by atoms with E-state index in [9.17, 15) is 13.2 Å². The van der Waals surface area contributed by atoms with Crippen molar-refractivity contribution in [2.75, 3.05) is 26.2 Å². The Kier molecular flexibility index (Phi) is 6.76. The monoisotopic (exact) mass is 468 g/mol. The third kappa shape index (κ3) is 4.79. The highest BCUT2D eigenvalue weighted by atomic mass is 35.5. The molecular weight excluding hydrogens is 444 g/mol. The second-order valence-electron chi connectivity index (χ2n) is 7.89. The topological polar surface area (TPSA) is 57.7 Å². The first-order valence-electron chi connectivity index (χ1n) is 10.5. The molecule has 0 N–H and O–H groups in total. The fourth-order valence-electron chi connectivity index (χ4n) is 4.11. The number of piperazine rings is 1. The average molecular weight is 469 g/mol. The van der Waals surface area contributed by atoms with E-state index in [2.05, 4.69) is 17.0 Å². The lowest BCUT2D eigenvalue weighted by Crippen LogP contribution is -2.49. The Bertz CT molecular complexity index is 1170. The largest absolute Gasteiger partial charge is 0.295 e. The molecule has 4 rings (SSSR count). The number of benzene rings is 3. The Morgan fingerprint density at radius 3 is 1.94 bits per heavy atom. The summed E-state index contributed by atoms with van der Waals surface area (Å²) in [5.41, 5.74) is 2.78. The molecular formula is C25H25ClN2O3S. The number of hydrogen-bond donors (Lipinski definition) is 0. The molecule has 3 aromatic rings. The van der Waals surface area contributed by atoms with Crippen LogP contribution in [0, 0.1) is 0 Å². The lowest BCUT2D eigenvalue weighted by molar-refractivity contribution is 0.101. The van der Waals surface area contributed by atoms with Crippen LogP contribution in [0.5, 0.6) is 0 Å². The molecule has 0 aromatic heterocycles. The van der Waals surface area contributed by atoms with Crippen LogP contribution in [0.15, 0.2) is 83.8 Å². The highest BCUT2D eigenvalue weighted by molar-refractivity contribution is 7.89. The van der Waals surface area contributed by atoms with Crippen LogP contribution in [0.3, 0.4) is 0 Å². The van der Waals surface area contributed by atoms with Gasteiger partial charge in [-0.15, -0.1) is 0 Å². The van der Waals surface area contributed by atoms with Crippen molar-refractivity contribution in [2.45, 2.75) is 17.9 Å². The molecule has 7 heteroatoms. The Morgan fingerprint density at radius 1 is 0.812 bits per heavy atom. The molecule has 1 heterocycles. The van der Waals surface area contributed by atoms with Gasteiger partial charge in [-0.25, -0.2) is 8.42 Å². The van der Waals surface area contributed by atoms with Gasteiger partial charge in [-0.2, -0.15) is 4.31 Å². The molecule has 0 amide bonds. The van der Waals surface area contributed by atoms with Gasteiger partial charge in [0.1, 0.15) is 0 Å². The van der Waals surface area contributed by atoms with E-state index in [0.29, 0.717) is 36.8 Å². The summed E-state index contributed by atoms with van der Waals surface area (Å²) in [6.45, 7) is 3.47. The lowest BCUT2D eigenvalue weighted by atomic mass is 9.96. The SMILES string of the molecule is CC(=O)c1ccc(S(=O)(=O)N2CCN(C(c3ccccc3)c3ccc(Cl)cc3)CC2)cc1. The highest BCUT2D eigenvalue weighted by Gasteiger charge is 2.32. The maximum absolute atomic E-state index is 13.1. The van der Waals surface area contributed by atoms with Crippen LogP contribution in [0.25, 0.3) is 0 Å². The van der Waals surface area contributed by atoms with E-state index in [1.165, 1.54) is 23.4 Å². The van der Waals surface area contributed by atoms with Gasteiger partial charge >= 0.3 is 0 Å². The predicted molar refractivity (Wildman–Crippen MR) is 127 cm³/mol. The molecule has 1 atom stereocenters. The third-order valence-electron chi connectivity index (χ3n) is 5.84. The number of nitrogens with zero attached hydrogens (tertiary/aromatic N) is 2. The minimum absolute atomic E-state index is 0.0215. The smallest absolute Gasteiger partial charge is 0.243 e. The van der Waals surface area contributed by atoms with Gasteiger partial charge in [-0.1, -0.05) is 66.2 Å². The molecule has 1 unspecified atom stereocenters. The fraction of sp³-hybridized carbons (Fsp3) is 0.240. The van der Waals surface area contributed by atoms with Crippen LogP contribution < -0.4 is 0 Å². The number of rotatable bonds is 6. The van der Waals surface area contributed by atoms with Crippen molar-refractivity contribution < 1.29 is 13.2 Å². The van der Waals surface area contributed by atoms with Gasteiger partial charge in [0.2, 0.25) is 10.0 Å².